The molecule has 0 heterocycles. The number of nitrogens with two attached hydrogens (primary N) is 1. The van der Waals surface area contributed by atoms with E-state index in [4.69, 9.17) is 5.73 Å². The Kier molecular flexibility index (Phi) is 5.03. The monoisotopic (exact) mass is 282 g/mol. The summed E-state index contributed by atoms with van der Waals surface area (Å²) >= 11 is 0. The molecule has 2 aromatic rings. The third-order valence-electron chi connectivity index (χ3n) is 3.94. The lowest BCUT2D eigenvalue weighted by molar-refractivity contribution is 0.721. The summed E-state index contributed by atoms with van der Waals surface area (Å²) < 4.78 is 0. The highest BCUT2D eigenvalue weighted by atomic mass is 15.1. The maximum Gasteiger partial charge on any atom is 0.0361 e. The van der Waals surface area contributed by atoms with Crippen molar-refractivity contribution in [3.8, 4) is 0 Å². The first-order valence-electron chi connectivity index (χ1n) is 7.59. The maximum absolute atomic E-state index is 6.34. The summed E-state index contributed by atoms with van der Waals surface area (Å²) in [6.07, 6.45) is 0.875. The summed E-state index contributed by atoms with van der Waals surface area (Å²) in [5.41, 5.74) is 11.4. The van der Waals surface area contributed by atoms with Crippen molar-refractivity contribution in [2.45, 2.75) is 32.2 Å². The quantitative estimate of drug-likeness (QED) is 0.894. The van der Waals surface area contributed by atoms with E-state index in [0.717, 1.165) is 6.42 Å². The molecule has 0 bridgehead atoms. The Labute approximate surface area is 128 Å². The molecule has 0 amide bonds. The summed E-state index contributed by atoms with van der Waals surface area (Å²) in [4.78, 5) is 2.10. The van der Waals surface area contributed by atoms with Gasteiger partial charge in [-0.2, -0.15) is 0 Å². The van der Waals surface area contributed by atoms with Gasteiger partial charge in [-0.3, -0.25) is 0 Å². The highest BCUT2D eigenvalue weighted by molar-refractivity contribution is 5.46. The van der Waals surface area contributed by atoms with Crippen molar-refractivity contribution in [2.75, 3.05) is 19.0 Å². The molecule has 1 atom stereocenters. The van der Waals surface area contributed by atoms with E-state index in [1.165, 1.54) is 22.4 Å². The molecule has 0 radical (unpaired) electrons. The fourth-order valence-electron chi connectivity index (χ4n) is 2.43. The van der Waals surface area contributed by atoms with Crippen LogP contribution in [0, 0.1) is 0 Å². The van der Waals surface area contributed by atoms with E-state index in [9.17, 15) is 0 Å². The Morgan fingerprint density at radius 3 is 1.86 bits per heavy atom. The van der Waals surface area contributed by atoms with Gasteiger partial charge in [0.05, 0.1) is 0 Å². The third-order valence-corrected chi connectivity index (χ3v) is 3.94. The van der Waals surface area contributed by atoms with Crippen molar-refractivity contribution in [2.24, 2.45) is 5.73 Å². The van der Waals surface area contributed by atoms with Crippen LogP contribution in [-0.2, 0) is 6.42 Å². The minimum Gasteiger partial charge on any atom is -0.378 e. The summed E-state index contributed by atoms with van der Waals surface area (Å²) in [6.45, 7) is 4.43. The Morgan fingerprint density at radius 1 is 0.857 bits per heavy atom. The van der Waals surface area contributed by atoms with Crippen LogP contribution < -0.4 is 10.6 Å². The van der Waals surface area contributed by atoms with Gasteiger partial charge in [-0.1, -0.05) is 50.2 Å². The van der Waals surface area contributed by atoms with Gasteiger partial charge in [-0.05, 0) is 41.2 Å². The smallest absolute Gasteiger partial charge is 0.0361 e. The fourth-order valence-corrected chi connectivity index (χ4v) is 2.43. The molecule has 21 heavy (non-hydrogen) atoms. The average molecular weight is 282 g/mol. The number of hydrogen-bond donors (Lipinski definition) is 1. The molecule has 1 unspecified atom stereocenters. The van der Waals surface area contributed by atoms with Crippen LogP contribution in [0.2, 0.25) is 0 Å². The van der Waals surface area contributed by atoms with Crippen LogP contribution in [0.15, 0.2) is 48.5 Å². The normalized spacial score (nSPS) is 12.5. The Balaban J connectivity index is 2.04. The highest BCUT2D eigenvalue weighted by Gasteiger charge is 2.08. The van der Waals surface area contributed by atoms with Crippen LogP contribution in [0.1, 0.15) is 42.5 Å². The molecular weight excluding hydrogens is 256 g/mol. The molecule has 112 valence electrons. The Bertz CT molecular complexity index is 553. The van der Waals surface area contributed by atoms with Crippen LogP contribution in [0.25, 0.3) is 0 Å². The van der Waals surface area contributed by atoms with Gasteiger partial charge >= 0.3 is 0 Å². The summed E-state index contributed by atoms with van der Waals surface area (Å²) in [7, 11) is 4.09. The van der Waals surface area contributed by atoms with Gasteiger partial charge < -0.3 is 10.6 Å². The van der Waals surface area contributed by atoms with Gasteiger partial charge in [0.1, 0.15) is 0 Å². The van der Waals surface area contributed by atoms with Gasteiger partial charge in [0.25, 0.3) is 0 Å². The van der Waals surface area contributed by atoms with Crippen molar-refractivity contribution in [1.29, 1.82) is 0 Å². The topological polar surface area (TPSA) is 29.3 Å². The van der Waals surface area contributed by atoms with Crippen molar-refractivity contribution in [3.05, 3.63) is 65.2 Å². The molecular formula is C19H26N2. The van der Waals surface area contributed by atoms with Gasteiger partial charge in [0.15, 0.2) is 0 Å². The second-order valence-electron chi connectivity index (χ2n) is 6.19. The van der Waals surface area contributed by atoms with E-state index in [0.29, 0.717) is 5.92 Å². The van der Waals surface area contributed by atoms with Crippen molar-refractivity contribution in [1.82, 2.24) is 0 Å². The van der Waals surface area contributed by atoms with E-state index in [1.807, 2.05) is 14.1 Å². The molecule has 2 heteroatoms. The van der Waals surface area contributed by atoms with Gasteiger partial charge in [-0.25, -0.2) is 0 Å². The molecule has 2 nitrogen and oxygen atoms in total. The molecule has 0 saturated carbocycles. The minimum absolute atomic E-state index is 0.0473. The van der Waals surface area contributed by atoms with Crippen LogP contribution in [0.4, 0.5) is 5.69 Å². The van der Waals surface area contributed by atoms with Gasteiger partial charge in [0.2, 0.25) is 0 Å². The maximum atomic E-state index is 6.34. The van der Waals surface area contributed by atoms with E-state index in [2.05, 4.69) is 67.3 Å². The third kappa shape index (κ3) is 4.08. The number of rotatable bonds is 5. The predicted molar refractivity (Wildman–Crippen MR) is 91.9 cm³/mol. The minimum atomic E-state index is 0.0473. The fraction of sp³-hybridized carbons (Fsp3) is 0.368. The molecule has 0 aromatic heterocycles. The van der Waals surface area contributed by atoms with E-state index in [1.54, 1.807) is 0 Å². The van der Waals surface area contributed by atoms with Crippen molar-refractivity contribution >= 4 is 5.69 Å². The zero-order valence-corrected chi connectivity index (χ0v) is 13.5. The van der Waals surface area contributed by atoms with Crippen LogP contribution in [0.5, 0.6) is 0 Å². The predicted octanol–water partition coefficient (Wildman–Crippen LogP) is 4.12. The first-order chi connectivity index (χ1) is 9.97. The molecule has 0 spiro atoms. The standard InChI is InChI=1S/C19H26N2/c1-14(2)16-7-5-15(6-8-16)13-19(20)17-9-11-18(12-10-17)21(3)4/h5-12,14,19H,13,20H2,1-4H3. The number of benzene rings is 2. The SMILES string of the molecule is CC(C)c1ccc(CC(N)c2ccc(N(C)C)cc2)cc1. The summed E-state index contributed by atoms with van der Waals surface area (Å²) in [5.74, 6) is 0.575. The number of anilines is 1. The second-order valence-corrected chi connectivity index (χ2v) is 6.19. The first kappa shape index (κ1) is 15.6. The molecule has 0 saturated heterocycles. The first-order valence-corrected chi connectivity index (χ1v) is 7.59. The highest BCUT2D eigenvalue weighted by Crippen LogP contribution is 2.21. The van der Waals surface area contributed by atoms with Crippen molar-refractivity contribution in [3.63, 3.8) is 0 Å². The van der Waals surface area contributed by atoms with Crippen LogP contribution >= 0.6 is 0 Å². The number of hydrogen-bond acceptors (Lipinski definition) is 2. The number of nitrogens with zero attached hydrogens (tertiary/aromatic N) is 1. The Morgan fingerprint density at radius 2 is 1.38 bits per heavy atom. The molecule has 0 aliphatic carbocycles. The molecule has 2 rings (SSSR count). The van der Waals surface area contributed by atoms with E-state index >= 15 is 0 Å². The lowest BCUT2D eigenvalue weighted by Crippen LogP contribution is -2.14. The van der Waals surface area contributed by atoms with E-state index < -0.39 is 0 Å². The lowest BCUT2D eigenvalue weighted by atomic mass is 9.96. The molecule has 0 fully saturated rings. The zero-order chi connectivity index (χ0) is 15.4. The van der Waals surface area contributed by atoms with Crippen molar-refractivity contribution < 1.29 is 0 Å². The van der Waals surface area contributed by atoms with Crippen LogP contribution in [0.3, 0.4) is 0 Å². The van der Waals surface area contributed by atoms with Gasteiger partial charge in [0, 0.05) is 25.8 Å². The van der Waals surface area contributed by atoms with Gasteiger partial charge in [-0.15, -0.1) is 0 Å². The van der Waals surface area contributed by atoms with E-state index in [-0.39, 0.29) is 6.04 Å². The average Bonchev–Trinajstić information content (AvgIpc) is 2.47. The molecule has 0 aliphatic rings. The zero-order valence-electron chi connectivity index (χ0n) is 13.5. The van der Waals surface area contributed by atoms with Crippen LogP contribution in [-0.4, -0.2) is 14.1 Å². The summed E-state index contributed by atoms with van der Waals surface area (Å²) in [5, 5.41) is 0. The molecule has 0 aliphatic heterocycles. The molecule has 2 N–H and O–H groups in total. The second kappa shape index (κ2) is 6.77. The Hall–Kier alpha value is -1.80. The largest absolute Gasteiger partial charge is 0.378 e. The lowest BCUT2D eigenvalue weighted by Gasteiger charge is -2.16. The summed E-state index contributed by atoms with van der Waals surface area (Å²) in [6, 6.07) is 17.4. The molecule has 2 aromatic carbocycles.